The maximum atomic E-state index is 12.1. The molecule has 20 heavy (non-hydrogen) atoms. The molecule has 1 aromatic rings. The average Bonchev–Trinajstić information content (AvgIpc) is 2.70. The van der Waals surface area contributed by atoms with Gasteiger partial charge < -0.3 is 9.88 Å². The van der Waals surface area contributed by atoms with E-state index in [4.69, 9.17) is 5.14 Å². The molecule has 3 N–H and O–H groups in total. The van der Waals surface area contributed by atoms with Crippen molar-refractivity contribution in [1.82, 2.24) is 9.88 Å². The molecule has 0 aromatic carbocycles. The Morgan fingerprint density at radius 1 is 1.50 bits per heavy atom. The first-order valence-electron chi connectivity index (χ1n) is 6.75. The summed E-state index contributed by atoms with van der Waals surface area (Å²) in [4.78, 5) is 12.1. The summed E-state index contributed by atoms with van der Waals surface area (Å²) < 4.78 is 24.0. The van der Waals surface area contributed by atoms with E-state index in [1.165, 1.54) is 23.3 Å². The van der Waals surface area contributed by atoms with Crippen LogP contribution in [0.3, 0.4) is 0 Å². The van der Waals surface area contributed by atoms with Crippen molar-refractivity contribution in [3.63, 3.8) is 0 Å². The topological polar surface area (TPSA) is 94.2 Å². The van der Waals surface area contributed by atoms with Crippen LogP contribution in [0.25, 0.3) is 0 Å². The summed E-state index contributed by atoms with van der Waals surface area (Å²) in [6, 6.07) is 1.31. The van der Waals surface area contributed by atoms with Crippen LogP contribution in [0, 0.1) is 5.41 Å². The van der Waals surface area contributed by atoms with Crippen LogP contribution >= 0.6 is 0 Å². The fourth-order valence-electron chi connectivity index (χ4n) is 2.61. The second-order valence-electron chi connectivity index (χ2n) is 5.61. The summed E-state index contributed by atoms with van der Waals surface area (Å²) in [5.41, 5.74) is 0.531. The van der Waals surface area contributed by atoms with Gasteiger partial charge in [-0.25, -0.2) is 13.6 Å². The maximum Gasteiger partial charge on any atom is 0.267 e. The molecule has 7 heteroatoms. The second kappa shape index (κ2) is 5.21. The molecular weight excluding hydrogens is 278 g/mol. The molecule has 6 nitrogen and oxygen atoms in total. The number of carbonyl (C=O) groups is 1. The highest BCUT2D eigenvalue weighted by molar-refractivity contribution is 7.89. The smallest absolute Gasteiger partial charge is 0.267 e. The molecule has 1 heterocycles. The molecule has 0 bridgehead atoms. The molecule has 0 spiro atoms. The zero-order valence-corrected chi connectivity index (χ0v) is 12.7. The minimum absolute atomic E-state index is 0.0426. The largest absolute Gasteiger partial charge is 0.350 e. The van der Waals surface area contributed by atoms with E-state index in [2.05, 4.69) is 12.2 Å². The molecule has 112 valence electrons. The summed E-state index contributed by atoms with van der Waals surface area (Å²) in [7, 11) is -2.15. The van der Waals surface area contributed by atoms with Gasteiger partial charge in [0.2, 0.25) is 10.0 Å². The van der Waals surface area contributed by atoms with E-state index in [0.717, 1.165) is 19.3 Å². The van der Waals surface area contributed by atoms with E-state index >= 15 is 0 Å². The van der Waals surface area contributed by atoms with Gasteiger partial charge in [0, 0.05) is 19.8 Å². The number of sulfonamides is 1. The Balaban J connectivity index is 2.08. The molecule has 0 aliphatic heterocycles. The summed E-state index contributed by atoms with van der Waals surface area (Å²) in [6.45, 7) is 2.77. The predicted molar refractivity (Wildman–Crippen MR) is 75.7 cm³/mol. The SMILES string of the molecule is CCC1(CNC(=O)c2cc(S(N)(=O)=O)cn2C)CCC1. The van der Waals surface area contributed by atoms with Crippen LogP contribution in [-0.4, -0.2) is 25.4 Å². The Labute approximate surface area is 119 Å². The van der Waals surface area contributed by atoms with Crippen molar-refractivity contribution in [2.45, 2.75) is 37.5 Å². The average molecular weight is 299 g/mol. The quantitative estimate of drug-likeness (QED) is 0.848. The molecule has 1 saturated carbocycles. The van der Waals surface area contributed by atoms with Gasteiger partial charge in [-0.1, -0.05) is 13.3 Å². The lowest BCUT2D eigenvalue weighted by Gasteiger charge is -2.41. The third kappa shape index (κ3) is 2.88. The fourth-order valence-corrected chi connectivity index (χ4v) is 3.19. The van der Waals surface area contributed by atoms with Crippen molar-refractivity contribution < 1.29 is 13.2 Å². The Morgan fingerprint density at radius 3 is 2.55 bits per heavy atom. The van der Waals surface area contributed by atoms with Gasteiger partial charge in [0.05, 0.1) is 0 Å². The molecule has 1 amide bonds. The van der Waals surface area contributed by atoms with Crippen molar-refractivity contribution in [2.75, 3.05) is 6.54 Å². The number of carbonyl (C=O) groups excluding carboxylic acids is 1. The number of hydrogen-bond donors (Lipinski definition) is 2. The van der Waals surface area contributed by atoms with Gasteiger partial charge in [-0.2, -0.15) is 0 Å². The number of primary sulfonamides is 1. The van der Waals surface area contributed by atoms with E-state index in [-0.39, 0.29) is 16.2 Å². The second-order valence-corrected chi connectivity index (χ2v) is 7.17. The van der Waals surface area contributed by atoms with Crippen LogP contribution < -0.4 is 10.5 Å². The van der Waals surface area contributed by atoms with Gasteiger partial charge in [-0.15, -0.1) is 0 Å². The molecule has 2 rings (SSSR count). The molecule has 1 aliphatic rings. The van der Waals surface area contributed by atoms with E-state index in [0.29, 0.717) is 12.2 Å². The van der Waals surface area contributed by atoms with Crippen LogP contribution in [0.4, 0.5) is 0 Å². The zero-order valence-electron chi connectivity index (χ0n) is 11.8. The summed E-state index contributed by atoms with van der Waals surface area (Å²) >= 11 is 0. The van der Waals surface area contributed by atoms with Gasteiger partial charge in [-0.3, -0.25) is 4.79 Å². The molecule has 0 atom stereocenters. The maximum absolute atomic E-state index is 12.1. The third-order valence-electron chi connectivity index (χ3n) is 4.33. The number of aryl methyl sites for hydroxylation is 1. The van der Waals surface area contributed by atoms with Crippen molar-refractivity contribution in [1.29, 1.82) is 0 Å². The predicted octanol–water partition coefficient (Wildman–Crippen LogP) is 0.983. The first-order chi connectivity index (χ1) is 9.27. The van der Waals surface area contributed by atoms with E-state index in [1.807, 2.05) is 0 Å². The number of nitrogens with one attached hydrogen (secondary N) is 1. The van der Waals surface area contributed by atoms with Gasteiger partial charge in [-0.05, 0) is 30.7 Å². The van der Waals surface area contributed by atoms with Gasteiger partial charge in [0.25, 0.3) is 5.91 Å². The zero-order chi connectivity index (χ0) is 15.0. The lowest BCUT2D eigenvalue weighted by molar-refractivity contribution is 0.0842. The molecule has 1 aliphatic carbocycles. The van der Waals surface area contributed by atoms with Crippen molar-refractivity contribution in [2.24, 2.45) is 17.6 Å². The monoisotopic (exact) mass is 299 g/mol. The number of amides is 1. The van der Waals surface area contributed by atoms with Crippen LogP contribution in [0.2, 0.25) is 0 Å². The first-order valence-corrected chi connectivity index (χ1v) is 8.29. The Bertz CT molecular complexity index is 609. The highest BCUT2D eigenvalue weighted by Gasteiger charge is 2.35. The number of rotatable bonds is 5. The van der Waals surface area contributed by atoms with Crippen LogP contribution in [-0.2, 0) is 17.1 Å². The fraction of sp³-hybridized carbons (Fsp3) is 0.615. The molecule has 0 unspecified atom stereocenters. The number of aromatic nitrogens is 1. The summed E-state index contributed by atoms with van der Waals surface area (Å²) in [5.74, 6) is -0.262. The van der Waals surface area contributed by atoms with Gasteiger partial charge >= 0.3 is 0 Å². The molecule has 0 saturated heterocycles. The van der Waals surface area contributed by atoms with E-state index in [9.17, 15) is 13.2 Å². The van der Waals surface area contributed by atoms with Crippen LogP contribution in [0.15, 0.2) is 17.2 Å². The number of nitrogens with zero attached hydrogens (tertiary/aromatic N) is 1. The number of hydrogen-bond acceptors (Lipinski definition) is 3. The molecular formula is C13H21N3O3S. The van der Waals surface area contributed by atoms with Gasteiger partial charge in [0.1, 0.15) is 10.6 Å². The standard InChI is InChI=1S/C13H21N3O3S/c1-3-13(5-4-6-13)9-15-12(17)11-7-10(8-16(11)2)20(14,18)19/h7-8H,3-6,9H2,1-2H3,(H,15,17)(H2,14,18,19). The summed E-state index contributed by atoms with van der Waals surface area (Å²) in [5, 5.41) is 7.96. The Kier molecular flexibility index (Phi) is 3.93. The van der Waals surface area contributed by atoms with Crippen molar-refractivity contribution >= 4 is 15.9 Å². The summed E-state index contributed by atoms with van der Waals surface area (Å²) in [6.07, 6.45) is 5.88. The number of nitrogens with two attached hydrogens (primary N) is 1. The third-order valence-corrected chi connectivity index (χ3v) is 5.21. The normalized spacial score (nSPS) is 17.6. The van der Waals surface area contributed by atoms with Crippen molar-refractivity contribution in [3.05, 3.63) is 18.0 Å². The Morgan fingerprint density at radius 2 is 2.15 bits per heavy atom. The highest BCUT2D eigenvalue weighted by atomic mass is 32.2. The van der Waals surface area contributed by atoms with Crippen LogP contribution in [0.5, 0.6) is 0 Å². The molecule has 1 aromatic heterocycles. The minimum atomic E-state index is -3.78. The minimum Gasteiger partial charge on any atom is -0.350 e. The van der Waals surface area contributed by atoms with E-state index in [1.54, 1.807) is 7.05 Å². The van der Waals surface area contributed by atoms with Crippen LogP contribution in [0.1, 0.15) is 43.1 Å². The molecule has 1 fully saturated rings. The lowest BCUT2D eigenvalue weighted by atomic mass is 9.67. The van der Waals surface area contributed by atoms with Crippen molar-refractivity contribution in [3.8, 4) is 0 Å². The Hall–Kier alpha value is -1.34. The molecule has 0 radical (unpaired) electrons. The van der Waals surface area contributed by atoms with Gasteiger partial charge in [0.15, 0.2) is 0 Å². The highest BCUT2D eigenvalue weighted by Crippen LogP contribution is 2.43. The lowest BCUT2D eigenvalue weighted by Crippen LogP contribution is -2.42. The first kappa shape index (κ1) is 15.1. The van der Waals surface area contributed by atoms with E-state index < -0.39 is 10.0 Å².